The number of halogens is 3. The van der Waals surface area contributed by atoms with Crippen LogP contribution in [0.2, 0.25) is 0 Å². The number of aliphatic hydroxyl groups is 1. The van der Waals surface area contributed by atoms with Crippen LogP contribution < -0.4 is 20.1 Å². The van der Waals surface area contributed by atoms with Crippen LogP contribution in [0.5, 0.6) is 11.5 Å². The molecule has 154 valence electrons. The maximum absolute atomic E-state index is 13.3. The number of nitrogens with one attached hydrogen (secondary N) is 2. The van der Waals surface area contributed by atoms with Gasteiger partial charge in [0.2, 0.25) is 5.95 Å². The fourth-order valence-electron chi connectivity index (χ4n) is 2.35. The van der Waals surface area contributed by atoms with Crippen molar-refractivity contribution < 1.29 is 27.8 Å². The van der Waals surface area contributed by atoms with Crippen LogP contribution in [-0.4, -0.2) is 41.9 Å². The highest BCUT2D eigenvalue weighted by atomic mass is 19.4. The van der Waals surface area contributed by atoms with E-state index in [9.17, 15) is 18.3 Å². The molecule has 0 aliphatic rings. The summed E-state index contributed by atoms with van der Waals surface area (Å²) in [6.45, 7) is 3.37. The lowest BCUT2D eigenvalue weighted by atomic mass is 10.1. The van der Waals surface area contributed by atoms with Crippen molar-refractivity contribution in [3.8, 4) is 11.5 Å². The van der Waals surface area contributed by atoms with Crippen LogP contribution in [-0.2, 0) is 6.18 Å². The quantitative estimate of drug-likeness (QED) is 0.623. The van der Waals surface area contributed by atoms with Crippen molar-refractivity contribution in [3.63, 3.8) is 0 Å². The van der Waals surface area contributed by atoms with Gasteiger partial charge in [-0.25, -0.2) is 4.98 Å². The summed E-state index contributed by atoms with van der Waals surface area (Å²) in [5.74, 6) is 0.551. The zero-order valence-corrected chi connectivity index (χ0v) is 16.0. The van der Waals surface area contributed by atoms with Crippen LogP contribution >= 0.6 is 0 Å². The maximum atomic E-state index is 13.3. The maximum Gasteiger partial charge on any atom is 0.433 e. The van der Waals surface area contributed by atoms with Crippen LogP contribution in [0.1, 0.15) is 19.5 Å². The SMILES string of the molecule is COc1ccc(Nc2cc(C(F)(F)F)nc(N[C@H](CO)C(C)C)n2)c(OC)c1. The molecule has 0 amide bonds. The van der Waals surface area contributed by atoms with E-state index in [-0.39, 0.29) is 24.3 Å². The molecule has 3 N–H and O–H groups in total. The molecule has 1 aromatic heterocycles. The molecule has 0 unspecified atom stereocenters. The minimum absolute atomic E-state index is 0.0405. The number of rotatable bonds is 8. The van der Waals surface area contributed by atoms with E-state index in [0.717, 1.165) is 6.07 Å². The summed E-state index contributed by atoms with van der Waals surface area (Å²) in [6, 6.07) is 5.14. The molecule has 1 aromatic carbocycles. The summed E-state index contributed by atoms with van der Waals surface area (Å²) in [6.07, 6.45) is -4.66. The Hall–Kier alpha value is -2.75. The lowest BCUT2D eigenvalue weighted by molar-refractivity contribution is -0.141. The van der Waals surface area contributed by atoms with E-state index < -0.39 is 17.9 Å². The second-order valence-corrected chi connectivity index (χ2v) is 6.33. The minimum Gasteiger partial charge on any atom is -0.497 e. The zero-order valence-electron chi connectivity index (χ0n) is 16.0. The highest BCUT2D eigenvalue weighted by molar-refractivity contribution is 5.66. The average molecular weight is 400 g/mol. The van der Waals surface area contributed by atoms with E-state index in [1.165, 1.54) is 14.2 Å². The van der Waals surface area contributed by atoms with Gasteiger partial charge in [0.1, 0.15) is 17.3 Å². The summed E-state index contributed by atoms with van der Waals surface area (Å²) < 4.78 is 50.2. The van der Waals surface area contributed by atoms with Gasteiger partial charge in [-0.15, -0.1) is 0 Å². The number of methoxy groups -OCH3 is 2. The first-order chi connectivity index (χ1) is 13.2. The third-order valence-electron chi connectivity index (χ3n) is 4.00. The number of aromatic nitrogens is 2. The summed E-state index contributed by atoms with van der Waals surface area (Å²) in [4.78, 5) is 7.64. The first-order valence-corrected chi connectivity index (χ1v) is 8.50. The molecular formula is C18H23F3N4O3. The Balaban J connectivity index is 2.42. The molecule has 10 heteroatoms. The summed E-state index contributed by atoms with van der Waals surface area (Å²) in [5, 5.41) is 15.0. The van der Waals surface area contributed by atoms with Gasteiger partial charge in [0.25, 0.3) is 0 Å². The third kappa shape index (κ3) is 5.38. The van der Waals surface area contributed by atoms with Gasteiger partial charge in [0.15, 0.2) is 5.69 Å². The molecule has 0 aliphatic heterocycles. The van der Waals surface area contributed by atoms with Gasteiger partial charge in [-0.3, -0.25) is 0 Å². The number of nitrogens with zero attached hydrogens (tertiary/aromatic N) is 2. The van der Waals surface area contributed by atoms with Gasteiger partial charge in [0, 0.05) is 12.1 Å². The van der Waals surface area contributed by atoms with E-state index in [4.69, 9.17) is 9.47 Å². The van der Waals surface area contributed by atoms with Crippen molar-refractivity contribution in [2.75, 3.05) is 31.5 Å². The fourth-order valence-corrected chi connectivity index (χ4v) is 2.35. The van der Waals surface area contributed by atoms with E-state index in [1.54, 1.807) is 18.2 Å². The number of benzene rings is 1. The second kappa shape index (κ2) is 8.96. The van der Waals surface area contributed by atoms with Gasteiger partial charge < -0.3 is 25.2 Å². The monoisotopic (exact) mass is 400 g/mol. The zero-order chi connectivity index (χ0) is 20.9. The number of aliphatic hydroxyl groups excluding tert-OH is 1. The molecule has 28 heavy (non-hydrogen) atoms. The Labute approximate surface area is 160 Å². The van der Waals surface area contributed by atoms with Crippen molar-refractivity contribution in [1.82, 2.24) is 9.97 Å². The van der Waals surface area contributed by atoms with Crippen LogP contribution in [0.15, 0.2) is 24.3 Å². The molecule has 2 rings (SSSR count). The Kier molecular flexibility index (Phi) is 6.90. The lowest BCUT2D eigenvalue weighted by Gasteiger charge is -2.21. The molecule has 1 heterocycles. The second-order valence-electron chi connectivity index (χ2n) is 6.33. The normalized spacial score (nSPS) is 12.6. The van der Waals surface area contributed by atoms with E-state index in [1.807, 2.05) is 13.8 Å². The molecule has 0 spiro atoms. The molecule has 0 saturated heterocycles. The molecule has 0 radical (unpaired) electrons. The Morgan fingerprint density at radius 3 is 2.36 bits per heavy atom. The molecule has 0 bridgehead atoms. The van der Waals surface area contributed by atoms with E-state index in [2.05, 4.69) is 20.6 Å². The predicted molar refractivity (Wildman–Crippen MR) is 99.2 cm³/mol. The number of anilines is 3. The molecule has 0 fully saturated rings. The van der Waals surface area contributed by atoms with Crippen LogP contribution in [0.4, 0.5) is 30.6 Å². The van der Waals surface area contributed by atoms with Gasteiger partial charge in [-0.2, -0.15) is 18.2 Å². The van der Waals surface area contributed by atoms with Gasteiger partial charge in [0.05, 0.1) is 32.6 Å². The van der Waals surface area contributed by atoms with Crippen LogP contribution in [0.25, 0.3) is 0 Å². The van der Waals surface area contributed by atoms with Gasteiger partial charge in [-0.05, 0) is 18.1 Å². The minimum atomic E-state index is -4.66. The summed E-state index contributed by atoms with van der Waals surface area (Å²) >= 11 is 0. The van der Waals surface area contributed by atoms with Crippen molar-refractivity contribution in [2.45, 2.75) is 26.1 Å². The highest BCUT2D eigenvalue weighted by Gasteiger charge is 2.34. The number of hydrogen-bond acceptors (Lipinski definition) is 7. The standard InChI is InChI=1S/C18H23F3N4O3/c1-10(2)13(9-26)23-17-24-15(18(19,20)21)8-16(25-17)22-12-6-5-11(27-3)7-14(12)28-4/h5-8,10,13,26H,9H2,1-4H3,(H2,22,23,24,25)/t13-/m1/s1. The topological polar surface area (TPSA) is 88.5 Å². The molecule has 1 atom stereocenters. The Bertz CT molecular complexity index is 800. The fraction of sp³-hybridized carbons (Fsp3) is 0.444. The molecule has 0 saturated carbocycles. The van der Waals surface area contributed by atoms with Gasteiger partial charge in [-0.1, -0.05) is 13.8 Å². The van der Waals surface area contributed by atoms with Gasteiger partial charge >= 0.3 is 6.18 Å². The van der Waals surface area contributed by atoms with Crippen molar-refractivity contribution in [3.05, 3.63) is 30.0 Å². The Morgan fingerprint density at radius 1 is 1.11 bits per heavy atom. The third-order valence-corrected chi connectivity index (χ3v) is 4.00. The highest BCUT2D eigenvalue weighted by Crippen LogP contribution is 2.34. The summed E-state index contributed by atoms with van der Waals surface area (Å²) in [7, 11) is 2.93. The first kappa shape index (κ1) is 21.5. The van der Waals surface area contributed by atoms with Crippen LogP contribution in [0.3, 0.4) is 0 Å². The predicted octanol–water partition coefficient (Wildman–Crippen LogP) is 3.69. The number of alkyl halides is 3. The molecule has 0 aliphatic carbocycles. The van der Waals surface area contributed by atoms with Crippen molar-refractivity contribution in [2.24, 2.45) is 5.92 Å². The molecule has 2 aromatic rings. The van der Waals surface area contributed by atoms with Crippen LogP contribution in [0, 0.1) is 5.92 Å². The Morgan fingerprint density at radius 2 is 1.82 bits per heavy atom. The van der Waals surface area contributed by atoms with Crippen molar-refractivity contribution >= 4 is 17.5 Å². The lowest BCUT2D eigenvalue weighted by Crippen LogP contribution is -2.30. The smallest absolute Gasteiger partial charge is 0.433 e. The van der Waals surface area contributed by atoms with E-state index in [0.29, 0.717) is 17.2 Å². The molecule has 7 nitrogen and oxygen atoms in total. The van der Waals surface area contributed by atoms with Crippen molar-refractivity contribution in [1.29, 1.82) is 0 Å². The first-order valence-electron chi connectivity index (χ1n) is 8.50. The average Bonchev–Trinajstić information content (AvgIpc) is 2.65. The largest absolute Gasteiger partial charge is 0.497 e. The van der Waals surface area contributed by atoms with E-state index >= 15 is 0 Å². The summed E-state index contributed by atoms with van der Waals surface area (Å²) in [5.41, 5.74) is -0.705. The molecular weight excluding hydrogens is 377 g/mol. The number of hydrogen-bond donors (Lipinski definition) is 3. The number of ether oxygens (including phenoxy) is 2.